The number of nitrogens with zero attached hydrogens (tertiary/aromatic N) is 1. The summed E-state index contributed by atoms with van der Waals surface area (Å²) in [6.07, 6.45) is 0. The standard InChI is InChI=1S/C13H17BrN2O3/c1-18-11-7-9(10(14)8-12(11)19-2)13(17)16-5-3-15-4-6-16/h7-8,15H,3-6H2,1-2H3. The molecule has 1 saturated heterocycles. The van der Waals surface area contributed by atoms with Crippen LogP contribution in [0.3, 0.4) is 0 Å². The van der Waals surface area contributed by atoms with Crippen molar-refractivity contribution in [1.82, 2.24) is 10.2 Å². The van der Waals surface area contributed by atoms with Gasteiger partial charge in [0.05, 0.1) is 19.8 Å². The molecule has 0 unspecified atom stereocenters. The quantitative estimate of drug-likeness (QED) is 0.913. The number of ether oxygens (including phenoxy) is 2. The topological polar surface area (TPSA) is 50.8 Å². The van der Waals surface area contributed by atoms with E-state index in [9.17, 15) is 4.79 Å². The maximum absolute atomic E-state index is 12.5. The summed E-state index contributed by atoms with van der Waals surface area (Å²) in [6.45, 7) is 3.10. The van der Waals surface area contributed by atoms with E-state index in [0.29, 0.717) is 21.5 Å². The number of carbonyl (C=O) groups excluding carboxylic acids is 1. The highest BCUT2D eigenvalue weighted by Gasteiger charge is 2.22. The lowest BCUT2D eigenvalue weighted by molar-refractivity contribution is 0.0734. The molecule has 1 heterocycles. The molecule has 0 radical (unpaired) electrons. The SMILES string of the molecule is COc1cc(Br)c(C(=O)N2CCNCC2)cc1OC. The smallest absolute Gasteiger partial charge is 0.255 e. The first-order valence-electron chi connectivity index (χ1n) is 6.09. The summed E-state index contributed by atoms with van der Waals surface area (Å²) >= 11 is 3.42. The highest BCUT2D eigenvalue weighted by molar-refractivity contribution is 9.10. The maximum Gasteiger partial charge on any atom is 0.255 e. The van der Waals surface area contributed by atoms with Crippen LogP contribution in [-0.4, -0.2) is 51.2 Å². The van der Waals surface area contributed by atoms with Crippen molar-refractivity contribution < 1.29 is 14.3 Å². The Bertz CT molecular complexity index is 473. The summed E-state index contributed by atoms with van der Waals surface area (Å²) < 4.78 is 11.2. The van der Waals surface area contributed by atoms with Crippen LogP contribution in [0.1, 0.15) is 10.4 Å². The van der Waals surface area contributed by atoms with Gasteiger partial charge in [0.25, 0.3) is 5.91 Å². The Morgan fingerprint density at radius 1 is 1.21 bits per heavy atom. The van der Waals surface area contributed by atoms with E-state index in [1.807, 2.05) is 4.90 Å². The van der Waals surface area contributed by atoms with Crippen LogP contribution in [0.4, 0.5) is 0 Å². The zero-order valence-corrected chi connectivity index (χ0v) is 12.6. The van der Waals surface area contributed by atoms with Gasteiger partial charge in [-0.15, -0.1) is 0 Å². The van der Waals surface area contributed by atoms with Gasteiger partial charge >= 0.3 is 0 Å². The average Bonchev–Trinajstić information content (AvgIpc) is 2.47. The largest absolute Gasteiger partial charge is 0.493 e. The molecule has 2 rings (SSSR count). The number of nitrogens with one attached hydrogen (secondary N) is 1. The Labute approximate surface area is 121 Å². The van der Waals surface area contributed by atoms with E-state index < -0.39 is 0 Å². The highest BCUT2D eigenvalue weighted by Crippen LogP contribution is 2.33. The van der Waals surface area contributed by atoms with Crippen molar-refractivity contribution in [1.29, 1.82) is 0 Å². The normalized spacial score (nSPS) is 15.2. The Morgan fingerprint density at radius 2 is 1.79 bits per heavy atom. The molecule has 0 saturated carbocycles. The molecule has 0 aromatic heterocycles. The predicted molar refractivity (Wildman–Crippen MR) is 76.0 cm³/mol. The molecule has 5 nitrogen and oxygen atoms in total. The molecule has 1 N–H and O–H groups in total. The van der Waals surface area contributed by atoms with E-state index in [2.05, 4.69) is 21.2 Å². The fourth-order valence-corrected chi connectivity index (χ4v) is 2.55. The van der Waals surface area contributed by atoms with Gasteiger partial charge in [-0.05, 0) is 28.1 Å². The van der Waals surface area contributed by atoms with Crippen molar-refractivity contribution in [3.8, 4) is 11.5 Å². The van der Waals surface area contributed by atoms with Gasteiger partial charge in [0, 0.05) is 30.7 Å². The van der Waals surface area contributed by atoms with Crippen LogP contribution in [0.5, 0.6) is 11.5 Å². The number of carbonyl (C=O) groups is 1. The molecule has 1 aliphatic rings. The van der Waals surface area contributed by atoms with Gasteiger partial charge in [-0.25, -0.2) is 0 Å². The zero-order valence-electron chi connectivity index (χ0n) is 11.0. The Balaban J connectivity index is 2.30. The van der Waals surface area contributed by atoms with Crippen molar-refractivity contribution in [2.24, 2.45) is 0 Å². The minimum absolute atomic E-state index is 0.00864. The summed E-state index contributed by atoms with van der Waals surface area (Å²) in [5.41, 5.74) is 0.597. The molecule has 0 bridgehead atoms. The van der Waals surface area contributed by atoms with Gasteiger partial charge in [-0.1, -0.05) is 0 Å². The highest BCUT2D eigenvalue weighted by atomic mass is 79.9. The molecule has 1 aromatic carbocycles. The minimum atomic E-state index is 0.00864. The van der Waals surface area contributed by atoms with Crippen molar-refractivity contribution in [3.05, 3.63) is 22.2 Å². The van der Waals surface area contributed by atoms with Crippen LogP contribution in [0.2, 0.25) is 0 Å². The van der Waals surface area contributed by atoms with E-state index >= 15 is 0 Å². The number of hydrogen-bond acceptors (Lipinski definition) is 4. The van der Waals surface area contributed by atoms with Gasteiger partial charge < -0.3 is 19.7 Å². The fourth-order valence-electron chi connectivity index (χ4n) is 2.06. The fraction of sp³-hybridized carbons (Fsp3) is 0.462. The third-order valence-corrected chi connectivity index (χ3v) is 3.76. The predicted octanol–water partition coefficient (Wildman–Crippen LogP) is 1.51. The third kappa shape index (κ3) is 3.01. The van der Waals surface area contributed by atoms with Crippen LogP contribution in [0.25, 0.3) is 0 Å². The lowest BCUT2D eigenvalue weighted by atomic mass is 10.1. The van der Waals surface area contributed by atoms with Crippen molar-refractivity contribution in [2.75, 3.05) is 40.4 Å². The molecular weight excluding hydrogens is 312 g/mol. The molecule has 1 amide bonds. The maximum atomic E-state index is 12.5. The minimum Gasteiger partial charge on any atom is -0.493 e. The summed E-state index contributed by atoms with van der Waals surface area (Å²) in [5, 5.41) is 3.23. The van der Waals surface area contributed by atoms with Crippen LogP contribution < -0.4 is 14.8 Å². The summed E-state index contributed by atoms with van der Waals surface area (Å²) in [6, 6.07) is 3.47. The van der Waals surface area contributed by atoms with Gasteiger partial charge in [0.1, 0.15) is 0 Å². The number of piperazine rings is 1. The summed E-state index contributed by atoms with van der Waals surface area (Å²) in [7, 11) is 3.13. The van der Waals surface area contributed by atoms with Gasteiger partial charge in [0.2, 0.25) is 0 Å². The van der Waals surface area contributed by atoms with Crippen molar-refractivity contribution >= 4 is 21.8 Å². The van der Waals surface area contributed by atoms with Crippen molar-refractivity contribution in [3.63, 3.8) is 0 Å². The van der Waals surface area contributed by atoms with Crippen LogP contribution in [0, 0.1) is 0 Å². The van der Waals surface area contributed by atoms with E-state index in [4.69, 9.17) is 9.47 Å². The molecule has 0 spiro atoms. The first-order valence-corrected chi connectivity index (χ1v) is 6.88. The van der Waals surface area contributed by atoms with Crippen LogP contribution >= 0.6 is 15.9 Å². The molecule has 6 heteroatoms. The van der Waals surface area contributed by atoms with E-state index in [1.54, 1.807) is 26.4 Å². The monoisotopic (exact) mass is 328 g/mol. The molecule has 104 valence electrons. The van der Waals surface area contributed by atoms with Gasteiger partial charge in [0.15, 0.2) is 11.5 Å². The van der Waals surface area contributed by atoms with Gasteiger partial charge in [-0.2, -0.15) is 0 Å². The second-order valence-corrected chi connectivity index (χ2v) is 5.08. The number of hydrogen-bond donors (Lipinski definition) is 1. The third-order valence-electron chi connectivity index (χ3n) is 3.11. The molecule has 0 atom stereocenters. The Hall–Kier alpha value is -1.27. The number of benzene rings is 1. The molecule has 1 aliphatic heterocycles. The number of methoxy groups -OCH3 is 2. The molecular formula is C13H17BrN2O3. The zero-order chi connectivity index (χ0) is 13.8. The van der Waals surface area contributed by atoms with E-state index in [-0.39, 0.29) is 5.91 Å². The van der Waals surface area contributed by atoms with Crippen LogP contribution in [-0.2, 0) is 0 Å². The lowest BCUT2D eigenvalue weighted by Gasteiger charge is -2.28. The first-order chi connectivity index (χ1) is 9.17. The summed E-state index contributed by atoms with van der Waals surface area (Å²) in [4.78, 5) is 14.3. The van der Waals surface area contributed by atoms with Gasteiger partial charge in [-0.3, -0.25) is 4.79 Å². The Morgan fingerprint density at radius 3 is 2.37 bits per heavy atom. The van der Waals surface area contributed by atoms with Crippen molar-refractivity contribution in [2.45, 2.75) is 0 Å². The summed E-state index contributed by atoms with van der Waals surface area (Å²) in [5.74, 6) is 1.17. The Kier molecular flexibility index (Phi) is 4.66. The molecule has 19 heavy (non-hydrogen) atoms. The number of rotatable bonds is 3. The van der Waals surface area contributed by atoms with Crippen LogP contribution in [0.15, 0.2) is 16.6 Å². The average molecular weight is 329 g/mol. The molecule has 0 aliphatic carbocycles. The second kappa shape index (κ2) is 6.25. The second-order valence-electron chi connectivity index (χ2n) is 4.23. The molecule has 1 fully saturated rings. The van der Waals surface area contributed by atoms with E-state index in [1.165, 1.54) is 0 Å². The molecule has 1 aromatic rings. The van der Waals surface area contributed by atoms with E-state index in [0.717, 1.165) is 26.2 Å². The number of amides is 1. The lowest BCUT2D eigenvalue weighted by Crippen LogP contribution is -2.46. The number of halogens is 1. The first kappa shape index (κ1) is 14.1.